The van der Waals surface area contributed by atoms with Crippen LogP contribution in [0.25, 0.3) is 0 Å². The highest BCUT2D eigenvalue weighted by atomic mass is 31.2. The van der Waals surface area contributed by atoms with E-state index in [2.05, 4.69) is 48.5 Å². The van der Waals surface area contributed by atoms with E-state index in [9.17, 15) is 43.2 Å². The molecule has 103 heavy (non-hydrogen) atoms. The van der Waals surface area contributed by atoms with Crippen LogP contribution in [0.1, 0.15) is 440 Å². The maximum Gasteiger partial charge on any atom is 0.472 e. The molecule has 0 aromatic heterocycles. The van der Waals surface area contributed by atoms with Gasteiger partial charge in [-0.2, -0.15) is 0 Å². The number of hydrogen-bond acceptors (Lipinski definition) is 15. The highest BCUT2D eigenvalue weighted by molar-refractivity contribution is 7.47. The van der Waals surface area contributed by atoms with Crippen LogP contribution < -0.4 is 0 Å². The molecular formula is C84H164O17P2. The second-order valence-electron chi connectivity index (χ2n) is 31.2. The first-order valence-corrected chi connectivity index (χ1v) is 46.4. The highest BCUT2D eigenvalue weighted by Crippen LogP contribution is 2.45. The summed E-state index contributed by atoms with van der Waals surface area (Å²) < 4.78 is 68.8. The van der Waals surface area contributed by atoms with Crippen LogP contribution in [0.3, 0.4) is 0 Å². The predicted octanol–water partition coefficient (Wildman–Crippen LogP) is 25.3. The van der Waals surface area contributed by atoms with E-state index in [1.807, 2.05) is 0 Å². The molecule has 0 aromatic carbocycles. The van der Waals surface area contributed by atoms with E-state index in [4.69, 9.17) is 37.0 Å². The van der Waals surface area contributed by atoms with Crippen LogP contribution >= 0.6 is 15.6 Å². The van der Waals surface area contributed by atoms with Gasteiger partial charge in [-0.3, -0.25) is 37.3 Å². The Labute approximate surface area is 632 Å². The van der Waals surface area contributed by atoms with Crippen LogP contribution in [0.4, 0.5) is 0 Å². The predicted molar refractivity (Wildman–Crippen MR) is 423 cm³/mol. The number of carbonyl (C=O) groups excluding carboxylic acids is 4. The number of hydrogen-bond donors (Lipinski definition) is 3. The molecule has 612 valence electrons. The quantitative estimate of drug-likeness (QED) is 0.0222. The second-order valence-corrected chi connectivity index (χ2v) is 34.1. The minimum atomic E-state index is -4.96. The summed E-state index contributed by atoms with van der Waals surface area (Å²) in [7, 11) is -9.92. The minimum absolute atomic E-state index is 0.108. The SMILES string of the molecule is CCCCCCCCCCCC(=O)OC[C@H](COP(=O)(O)OC[C@H](O)COP(=O)(O)OC[C@@H](COC(=O)CCCCCCCCCCCCCCCCC(C)CC)OC(=O)CCCCCCCCCCCCCCCCCC(C)C)OC(=O)CCCCCCCCCCCCCCCCC(C)CC. The molecule has 0 rings (SSSR count). The zero-order chi connectivity index (χ0) is 75.8. The molecular weight excluding hydrogens is 1340 g/mol. The fourth-order valence-corrected chi connectivity index (χ4v) is 14.5. The third-order valence-corrected chi connectivity index (χ3v) is 22.3. The van der Waals surface area contributed by atoms with Crippen molar-refractivity contribution in [2.24, 2.45) is 17.8 Å². The Morgan fingerprint density at radius 3 is 0.738 bits per heavy atom. The topological polar surface area (TPSA) is 237 Å². The molecule has 0 fully saturated rings. The fraction of sp³-hybridized carbons (Fsp3) is 0.952. The van der Waals surface area contributed by atoms with E-state index in [0.29, 0.717) is 25.7 Å². The number of aliphatic hydroxyl groups is 1. The van der Waals surface area contributed by atoms with E-state index in [-0.39, 0.29) is 25.7 Å². The Hall–Kier alpha value is -1.94. The van der Waals surface area contributed by atoms with Crippen molar-refractivity contribution in [2.75, 3.05) is 39.6 Å². The minimum Gasteiger partial charge on any atom is -0.462 e. The van der Waals surface area contributed by atoms with Crippen molar-refractivity contribution < 1.29 is 80.2 Å². The van der Waals surface area contributed by atoms with Gasteiger partial charge in [0.05, 0.1) is 26.4 Å². The molecule has 4 unspecified atom stereocenters. The molecule has 7 atom stereocenters. The summed E-state index contributed by atoms with van der Waals surface area (Å²) >= 11 is 0. The second kappa shape index (κ2) is 74.2. The molecule has 0 amide bonds. The number of phosphoric acid groups is 2. The van der Waals surface area contributed by atoms with Crippen LogP contribution in [0, 0.1) is 17.8 Å². The van der Waals surface area contributed by atoms with Gasteiger partial charge in [-0.05, 0) is 43.4 Å². The van der Waals surface area contributed by atoms with Gasteiger partial charge < -0.3 is 33.8 Å². The zero-order valence-corrected chi connectivity index (χ0v) is 69.6. The van der Waals surface area contributed by atoms with E-state index < -0.39 is 97.5 Å². The van der Waals surface area contributed by atoms with Gasteiger partial charge in [0.15, 0.2) is 12.2 Å². The zero-order valence-electron chi connectivity index (χ0n) is 67.8. The molecule has 0 aliphatic heterocycles. The van der Waals surface area contributed by atoms with E-state index in [1.54, 1.807) is 0 Å². The van der Waals surface area contributed by atoms with Gasteiger partial charge in [0, 0.05) is 25.7 Å². The van der Waals surface area contributed by atoms with Gasteiger partial charge >= 0.3 is 39.5 Å². The number of rotatable bonds is 82. The van der Waals surface area contributed by atoms with Gasteiger partial charge in [-0.15, -0.1) is 0 Å². The van der Waals surface area contributed by atoms with Crippen LogP contribution in [-0.4, -0.2) is 96.7 Å². The molecule has 3 N–H and O–H groups in total. The number of esters is 4. The molecule has 19 heteroatoms. The van der Waals surface area contributed by atoms with Crippen molar-refractivity contribution in [3.8, 4) is 0 Å². The van der Waals surface area contributed by atoms with Crippen molar-refractivity contribution in [1.82, 2.24) is 0 Å². The number of aliphatic hydroxyl groups excluding tert-OH is 1. The lowest BCUT2D eigenvalue weighted by atomic mass is 9.99. The maximum absolute atomic E-state index is 13.1. The third kappa shape index (κ3) is 75.3. The number of carbonyl (C=O) groups is 4. The van der Waals surface area contributed by atoms with Crippen molar-refractivity contribution >= 4 is 39.5 Å². The average Bonchev–Trinajstić information content (AvgIpc) is 1.04. The summed E-state index contributed by atoms with van der Waals surface area (Å²) in [5.74, 6) is 0.392. The molecule has 0 aromatic rings. The maximum atomic E-state index is 13.1. The summed E-state index contributed by atoms with van der Waals surface area (Å²) in [5.41, 5.74) is 0. The lowest BCUT2D eigenvalue weighted by Crippen LogP contribution is -2.30. The average molecular weight is 1510 g/mol. The van der Waals surface area contributed by atoms with E-state index in [1.165, 1.54) is 250 Å². The lowest BCUT2D eigenvalue weighted by Gasteiger charge is -2.21. The smallest absolute Gasteiger partial charge is 0.462 e. The molecule has 0 heterocycles. The van der Waals surface area contributed by atoms with Gasteiger partial charge in [0.2, 0.25) is 0 Å². The molecule has 0 bridgehead atoms. The van der Waals surface area contributed by atoms with Crippen molar-refractivity contribution in [3.63, 3.8) is 0 Å². The first kappa shape index (κ1) is 101. The largest absolute Gasteiger partial charge is 0.472 e. The van der Waals surface area contributed by atoms with Crippen LogP contribution in [0.15, 0.2) is 0 Å². The van der Waals surface area contributed by atoms with Crippen molar-refractivity contribution in [3.05, 3.63) is 0 Å². The van der Waals surface area contributed by atoms with Crippen LogP contribution in [0.5, 0.6) is 0 Å². The lowest BCUT2D eigenvalue weighted by molar-refractivity contribution is -0.161. The van der Waals surface area contributed by atoms with Gasteiger partial charge in [-0.25, -0.2) is 9.13 Å². The van der Waals surface area contributed by atoms with Crippen LogP contribution in [-0.2, 0) is 65.4 Å². The van der Waals surface area contributed by atoms with Gasteiger partial charge in [0.1, 0.15) is 19.3 Å². The van der Waals surface area contributed by atoms with Crippen LogP contribution in [0.2, 0.25) is 0 Å². The monoisotopic (exact) mass is 1510 g/mol. The molecule has 0 aliphatic rings. The molecule has 0 radical (unpaired) electrons. The first-order chi connectivity index (χ1) is 49.8. The van der Waals surface area contributed by atoms with Crippen molar-refractivity contribution in [1.29, 1.82) is 0 Å². The summed E-state index contributed by atoms with van der Waals surface area (Å²) in [5, 5.41) is 10.7. The first-order valence-electron chi connectivity index (χ1n) is 43.4. The summed E-state index contributed by atoms with van der Waals surface area (Å²) in [6.45, 7) is 12.1. The van der Waals surface area contributed by atoms with Crippen molar-refractivity contribution in [2.45, 2.75) is 458 Å². The standard InChI is InChI=1S/C84H164O17P2/c1-8-11-12-13-14-34-44-51-58-65-81(86)94-71-79(100-83(88)68-61-54-47-40-33-27-21-19-24-30-37-43-50-57-64-77(7)10-3)73-98-102(90,91)96-69-78(85)70-97-103(92,93)99-74-80(101-84(89)67-60-53-46-39-32-26-17-15-16-22-28-35-41-48-55-62-75(4)5)72-95-82(87)66-59-52-45-38-31-25-20-18-23-29-36-42-49-56-63-76(6)9-2/h75-80,85H,8-74H2,1-7H3,(H,90,91)(H,92,93)/t76?,77?,78-,79+,80+/m0/s1. The Balaban J connectivity index is 5.22. The Morgan fingerprint density at radius 1 is 0.282 bits per heavy atom. The number of phosphoric ester groups is 2. The Kier molecular flexibility index (Phi) is 72.8. The Morgan fingerprint density at radius 2 is 0.495 bits per heavy atom. The third-order valence-electron chi connectivity index (χ3n) is 20.4. The summed E-state index contributed by atoms with van der Waals surface area (Å²) in [4.78, 5) is 73.1. The Bertz CT molecular complexity index is 2000. The number of ether oxygens (including phenoxy) is 4. The highest BCUT2D eigenvalue weighted by Gasteiger charge is 2.30. The molecule has 0 saturated carbocycles. The summed E-state index contributed by atoms with van der Waals surface area (Å²) in [6, 6.07) is 0. The van der Waals surface area contributed by atoms with Gasteiger partial charge in [0.25, 0.3) is 0 Å². The number of unbranched alkanes of at least 4 members (excludes halogenated alkanes) is 48. The summed E-state index contributed by atoms with van der Waals surface area (Å²) in [6.07, 6.45) is 63.7. The van der Waals surface area contributed by atoms with E-state index >= 15 is 0 Å². The fourth-order valence-electron chi connectivity index (χ4n) is 13.0. The molecule has 17 nitrogen and oxygen atoms in total. The van der Waals surface area contributed by atoms with Gasteiger partial charge in [-0.1, -0.05) is 389 Å². The molecule has 0 aliphatic carbocycles. The normalized spacial score (nSPS) is 14.4. The van der Waals surface area contributed by atoms with E-state index in [0.717, 1.165) is 108 Å². The molecule has 0 spiro atoms. The molecule has 0 saturated heterocycles.